The zero-order chi connectivity index (χ0) is 7.40. The van der Waals surface area contributed by atoms with Gasteiger partial charge in [-0.05, 0) is 0 Å². The molecule has 0 saturated carbocycles. The normalized spacial score (nSPS) is 27.6. The second-order valence-corrected chi connectivity index (χ2v) is 4.69. The first kappa shape index (κ1) is 8.14. The maximum Gasteiger partial charge on any atom is 0.144 e. The molecule has 0 bridgehead atoms. The molecule has 0 aliphatic carbocycles. The zero-order valence-electron chi connectivity index (χ0n) is 5.41. The van der Waals surface area contributed by atoms with Gasteiger partial charge in [-0.2, -0.15) is 0 Å². The Morgan fingerprint density at radius 1 is 1.50 bits per heavy atom. The summed E-state index contributed by atoms with van der Waals surface area (Å²) in [5, 5.41) is 0. The second-order valence-electron chi connectivity index (χ2n) is 2.07. The van der Waals surface area contributed by atoms with Crippen LogP contribution in [0.3, 0.4) is 0 Å². The number of carbonyl (C=O) groups excluding carboxylic acids is 2. The summed E-state index contributed by atoms with van der Waals surface area (Å²) in [7, 11) is 3.29. The highest BCUT2D eigenvalue weighted by atomic mass is 33.1. The molecule has 1 saturated heterocycles. The SMILES string of the molecule is O=CC1CSSCCC1=O. The Labute approximate surface area is 67.5 Å². The van der Waals surface area contributed by atoms with Crippen LogP contribution in [0.5, 0.6) is 0 Å². The van der Waals surface area contributed by atoms with Gasteiger partial charge in [0.05, 0.1) is 5.92 Å². The Hall–Kier alpha value is 0.0400. The average Bonchev–Trinajstić information content (AvgIpc) is 2.13. The minimum absolute atomic E-state index is 0.104. The molecular formula is C6H8O2S2. The van der Waals surface area contributed by atoms with E-state index in [9.17, 15) is 9.59 Å². The smallest absolute Gasteiger partial charge is 0.144 e. The summed E-state index contributed by atoms with van der Waals surface area (Å²) in [6.45, 7) is 0. The minimum atomic E-state index is -0.333. The number of aldehydes is 1. The van der Waals surface area contributed by atoms with E-state index >= 15 is 0 Å². The van der Waals surface area contributed by atoms with Crippen LogP contribution in [0.15, 0.2) is 0 Å². The topological polar surface area (TPSA) is 34.1 Å². The van der Waals surface area contributed by atoms with Gasteiger partial charge in [-0.3, -0.25) is 4.79 Å². The van der Waals surface area contributed by atoms with Crippen LogP contribution in [0.4, 0.5) is 0 Å². The van der Waals surface area contributed by atoms with Gasteiger partial charge in [0.2, 0.25) is 0 Å². The van der Waals surface area contributed by atoms with E-state index in [4.69, 9.17) is 0 Å². The summed E-state index contributed by atoms with van der Waals surface area (Å²) in [5.74, 6) is 1.29. The van der Waals surface area contributed by atoms with Gasteiger partial charge >= 0.3 is 0 Å². The van der Waals surface area contributed by atoms with E-state index in [0.717, 1.165) is 12.0 Å². The molecule has 4 heteroatoms. The molecule has 1 heterocycles. The van der Waals surface area contributed by atoms with Crippen LogP contribution in [-0.2, 0) is 9.59 Å². The van der Waals surface area contributed by atoms with Gasteiger partial charge in [0.1, 0.15) is 12.1 Å². The third-order valence-corrected chi connectivity index (χ3v) is 3.78. The number of rotatable bonds is 1. The third kappa shape index (κ3) is 2.02. The molecule has 0 amide bonds. The van der Waals surface area contributed by atoms with Gasteiger partial charge in [0, 0.05) is 17.9 Å². The standard InChI is InChI=1S/C6H8O2S2/c7-3-5-4-10-9-2-1-6(5)8/h3,5H,1-2,4H2. The Bertz CT molecular complexity index is 147. The summed E-state index contributed by atoms with van der Waals surface area (Å²) >= 11 is 0. The van der Waals surface area contributed by atoms with Crippen LogP contribution in [0, 0.1) is 5.92 Å². The summed E-state index contributed by atoms with van der Waals surface area (Å²) < 4.78 is 0. The molecule has 0 N–H and O–H groups in total. The monoisotopic (exact) mass is 176 g/mol. The Morgan fingerprint density at radius 3 is 3.00 bits per heavy atom. The maximum atomic E-state index is 11.0. The molecule has 0 aromatic heterocycles. The number of Topliss-reactive ketones (excluding diaryl/α,β-unsaturated/α-hetero) is 1. The molecule has 1 atom stereocenters. The minimum Gasteiger partial charge on any atom is -0.303 e. The summed E-state index contributed by atoms with van der Waals surface area (Å²) in [6.07, 6.45) is 1.32. The van der Waals surface area contributed by atoms with Crippen LogP contribution in [0.1, 0.15) is 6.42 Å². The molecular weight excluding hydrogens is 168 g/mol. The van der Waals surface area contributed by atoms with Gasteiger partial charge in [-0.15, -0.1) is 0 Å². The first-order valence-electron chi connectivity index (χ1n) is 3.07. The molecule has 1 aliphatic heterocycles. The first-order chi connectivity index (χ1) is 4.84. The molecule has 0 aromatic carbocycles. The Balaban J connectivity index is 2.51. The first-order valence-corrected chi connectivity index (χ1v) is 5.56. The zero-order valence-corrected chi connectivity index (χ0v) is 7.04. The predicted octanol–water partition coefficient (Wildman–Crippen LogP) is 1.16. The van der Waals surface area contributed by atoms with Crippen molar-refractivity contribution in [3.8, 4) is 0 Å². The second kappa shape index (κ2) is 4.03. The number of hydrogen-bond donors (Lipinski definition) is 0. The molecule has 0 aromatic rings. The lowest BCUT2D eigenvalue weighted by Crippen LogP contribution is -2.16. The lowest BCUT2D eigenvalue weighted by atomic mass is 10.1. The van der Waals surface area contributed by atoms with Gasteiger partial charge < -0.3 is 4.79 Å². The van der Waals surface area contributed by atoms with E-state index in [-0.39, 0.29) is 11.7 Å². The van der Waals surface area contributed by atoms with Crippen molar-refractivity contribution in [2.45, 2.75) is 6.42 Å². The highest BCUT2D eigenvalue weighted by Crippen LogP contribution is 2.28. The fraction of sp³-hybridized carbons (Fsp3) is 0.667. The lowest BCUT2D eigenvalue weighted by Gasteiger charge is -1.99. The van der Waals surface area contributed by atoms with Crippen molar-refractivity contribution in [3.63, 3.8) is 0 Å². The molecule has 1 fully saturated rings. The van der Waals surface area contributed by atoms with Crippen molar-refractivity contribution in [2.24, 2.45) is 5.92 Å². The molecule has 2 nitrogen and oxygen atoms in total. The van der Waals surface area contributed by atoms with Crippen molar-refractivity contribution in [3.05, 3.63) is 0 Å². The molecule has 1 aliphatic rings. The van der Waals surface area contributed by atoms with Crippen molar-refractivity contribution < 1.29 is 9.59 Å². The fourth-order valence-corrected chi connectivity index (χ4v) is 2.96. The van der Waals surface area contributed by atoms with Crippen LogP contribution in [0.2, 0.25) is 0 Å². The van der Waals surface area contributed by atoms with Gasteiger partial charge in [-0.1, -0.05) is 21.6 Å². The summed E-state index contributed by atoms with van der Waals surface area (Å²) in [5.41, 5.74) is 0. The maximum absolute atomic E-state index is 11.0. The van der Waals surface area contributed by atoms with E-state index in [1.165, 1.54) is 0 Å². The average molecular weight is 176 g/mol. The lowest BCUT2D eigenvalue weighted by molar-refractivity contribution is -0.126. The van der Waals surface area contributed by atoms with E-state index in [2.05, 4.69) is 0 Å². The van der Waals surface area contributed by atoms with E-state index in [0.29, 0.717) is 12.2 Å². The van der Waals surface area contributed by atoms with Crippen molar-refractivity contribution in [1.82, 2.24) is 0 Å². The Kier molecular flexibility index (Phi) is 3.28. The molecule has 0 spiro atoms. The fourth-order valence-electron chi connectivity index (χ4n) is 0.716. The summed E-state index contributed by atoms with van der Waals surface area (Å²) in [4.78, 5) is 21.3. The van der Waals surface area contributed by atoms with E-state index < -0.39 is 0 Å². The third-order valence-electron chi connectivity index (χ3n) is 1.34. The van der Waals surface area contributed by atoms with Crippen LogP contribution >= 0.6 is 21.6 Å². The quantitative estimate of drug-likeness (QED) is 0.341. The highest BCUT2D eigenvalue weighted by Gasteiger charge is 2.19. The molecule has 0 radical (unpaired) electrons. The largest absolute Gasteiger partial charge is 0.303 e. The highest BCUT2D eigenvalue weighted by molar-refractivity contribution is 8.76. The van der Waals surface area contributed by atoms with Crippen molar-refractivity contribution >= 4 is 33.7 Å². The van der Waals surface area contributed by atoms with Crippen LogP contribution in [-0.4, -0.2) is 23.6 Å². The van der Waals surface area contributed by atoms with Gasteiger partial charge in [0.25, 0.3) is 0 Å². The molecule has 1 rings (SSSR count). The van der Waals surface area contributed by atoms with Gasteiger partial charge in [-0.25, -0.2) is 0 Å². The number of carbonyl (C=O) groups is 2. The Morgan fingerprint density at radius 2 is 2.30 bits per heavy atom. The van der Waals surface area contributed by atoms with Crippen molar-refractivity contribution in [2.75, 3.05) is 11.5 Å². The number of ketones is 1. The molecule has 1 unspecified atom stereocenters. The van der Waals surface area contributed by atoms with E-state index in [1.54, 1.807) is 21.6 Å². The molecule has 10 heavy (non-hydrogen) atoms. The molecule has 56 valence electrons. The van der Waals surface area contributed by atoms with Crippen LogP contribution in [0.25, 0.3) is 0 Å². The summed E-state index contributed by atoms with van der Waals surface area (Å²) in [6, 6.07) is 0. The predicted molar refractivity (Wildman–Crippen MR) is 44.1 cm³/mol. The van der Waals surface area contributed by atoms with Gasteiger partial charge in [0.15, 0.2) is 0 Å². The number of hydrogen-bond acceptors (Lipinski definition) is 4. The van der Waals surface area contributed by atoms with Crippen LogP contribution < -0.4 is 0 Å². The van der Waals surface area contributed by atoms with Crippen molar-refractivity contribution in [1.29, 1.82) is 0 Å². The van der Waals surface area contributed by atoms with E-state index in [1.807, 2.05) is 0 Å².